The van der Waals surface area contributed by atoms with Crippen LogP contribution in [-0.2, 0) is 0 Å². The maximum absolute atomic E-state index is 5.83. The maximum atomic E-state index is 5.83. The van der Waals surface area contributed by atoms with E-state index in [2.05, 4.69) is 13.0 Å². The highest BCUT2D eigenvalue weighted by atomic mass is 35.7. The summed E-state index contributed by atoms with van der Waals surface area (Å²) < 4.78 is 0. The largest absolute Gasteiger partial charge is 0.270 e. The minimum atomic E-state index is -1.94. The Labute approximate surface area is 73.6 Å². The molecule has 0 saturated heterocycles. The van der Waals surface area contributed by atoms with Crippen LogP contribution in [0.15, 0.2) is 11.8 Å². The Morgan fingerprint density at radius 2 is 2.00 bits per heavy atom. The van der Waals surface area contributed by atoms with Crippen molar-refractivity contribution in [2.24, 2.45) is 0 Å². The fraction of sp³-hybridized carbons (Fsp3) is 0.714. The van der Waals surface area contributed by atoms with Gasteiger partial charge >= 0.3 is 0 Å². The van der Waals surface area contributed by atoms with Crippen LogP contribution in [0.5, 0.6) is 0 Å². The van der Waals surface area contributed by atoms with Gasteiger partial charge in [-0.05, 0) is 13.0 Å². The molecule has 0 amide bonds. The van der Waals surface area contributed by atoms with Crippen molar-refractivity contribution in [2.75, 3.05) is 0 Å². The van der Waals surface area contributed by atoms with E-state index in [-0.39, 0.29) is 0 Å². The van der Waals surface area contributed by atoms with Gasteiger partial charge in [0, 0.05) is 0 Å². The lowest BCUT2D eigenvalue weighted by molar-refractivity contribution is 0.815. The molecule has 0 aliphatic heterocycles. The topological polar surface area (TPSA) is 0 Å². The lowest BCUT2D eigenvalue weighted by atomic mass is 10.2. The Hall–Kier alpha value is 0.537. The minimum Gasteiger partial charge on any atom is -0.141 e. The first-order valence-corrected chi connectivity index (χ1v) is 8.22. The van der Waals surface area contributed by atoms with Gasteiger partial charge in [0.15, 0.2) is 0 Å². The lowest BCUT2D eigenvalue weighted by Crippen LogP contribution is -2.07. The molecule has 10 heavy (non-hydrogen) atoms. The standard InChI is InChI=1S/C7H14Cl2Si/c1-3-4-5-6-7-10(2,8)9/h6-7H,3-5H2,1-2H3/b7-6+. The van der Waals surface area contributed by atoms with Crippen LogP contribution in [0.2, 0.25) is 6.55 Å². The SMILES string of the molecule is CCCC/C=C/[Si](C)(Cl)Cl. The molecule has 0 rings (SSSR count). The second-order valence-electron chi connectivity index (χ2n) is 2.50. The summed E-state index contributed by atoms with van der Waals surface area (Å²) in [4.78, 5) is 0. The predicted octanol–water partition coefficient (Wildman–Crippen LogP) is 3.82. The van der Waals surface area contributed by atoms with Gasteiger partial charge in [-0.15, -0.1) is 22.2 Å². The van der Waals surface area contributed by atoms with Crippen LogP contribution in [0.25, 0.3) is 0 Å². The third-order valence-electron chi connectivity index (χ3n) is 1.13. The summed E-state index contributed by atoms with van der Waals surface area (Å²) in [5.41, 5.74) is 1.96. The second-order valence-corrected chi connectivity index (χ2v) is 10.0. The second kappa shape index (κ2) is 5.22. The van der Waals surface area contributed by atoms with Crippen molar-refractivity contribution in [3.05, 3.63) is 11.8 Å². The summed E-state index contributed by atoms with van der Waals surface area (Å²) in [7, 11) is 0. The molecule has 0 atom stereocenters. The summed E-state index contributed by atoms with van der Waals surface area (Å²) >= 11 is 11.7. The molecule has 0 fully saturated rings. The molecule has 0 N–H and O–H groups in total. The summed E-state index contributed by atoms with van der Waals surface area (Å²) in [6.07, 6.45) is 5.66. The highest BCUT2D eigenvalue weighted by Gasteiger charge is 2.14. The Bertz CT molecular complexity index is 105. The van der Waals surface area contributed by atoms with E-state index >= 15 is 0 Å². The Morgan fingerprint density at radius 3 is 2.40 bits per heavy atom. The summed E-state index contributed by atoms with van der Waals surface area (Å²) in [6, 6.07) is 0. The van der Waals surface area contributed by atoms with Crippen molar-refractivity contribution in [1.82, 2.24) is 0 Å². The van der Waals surface area contributed by atoms with Crippen LogP contribution < -0.4 is 0 Å². The molecule has 0 aliphatic carbocycles. The average molecular weight is 197 g/mol. The van der Waals surface area contributed by atoms with Crippen molar-refractivity contribution in [3.63, 3.8) is 0 Å². The molecule has 0 nitrogen and oxygen atoms in total. The molecular weight excluding hydrogens is 183 g/mol. The molecule has 0 aromatic rings. The minimum absolute atomic E-state index is 1.11. The first-order valence-electron chi connectivity index (χ1n) is 3.62. The van der Waals surface area contributed by atoms with Crippen molar-refractivity contribution in [1.29, 1.82) is 0 Å². The number of allylic oxidation sites excluding steroid dienone is 1. The molecule has 0 heterocycles. The van der Waals surface area contributed by atoms with E-state index < -0.39 is 6.69 Å². The zero-order valence-electron chi connectivity index (χ0n) is 6.53. The fourth-order valence-corrected chi connectivity index (χ4v) is 1.73. The van der Waals surface area contributed by atoms with E-state index in [4.69, 9.17) is 22.2 Å². The van der Waals surface area contributed by atoms with Crippen LogP contribution in [0, 0.1) is 0 Å². The molecule has 0 aromatic carbocycles. The molecule has 0 radical (unpaired) electrons. The summed E-state index contributed by atoms with van der Waals surface area (Å²) in [5, 5.41) is 0. The molecule has 0 saturated carbocycles. The van der Waals surface area contributed by atoms with E-state index in [0.29, 0.717) is 0 Å². The van der Waals surface area contributed by atoms with Crippen molar-refractivity contribution >= 4 is 28.9 Å². The monoisotopic (exact) mass is 196 g/mol. The van der Waals surface area contributed by atoms with Crippen molar-refractivity contribution < 1.29 is 0 Å². The number of rotatable bonds is 4. The number of hydrogen-bond donors (Lipinski definition) is 0. The normalized spacial score (nSPS) is 12.8. The van der Waals surface area contributed by atoms with Gasteiger partial charge in [0.1, 0.15) is 0 Å². The van der Waals surface area contributed by atoms with Gasteiger partial charge in [0.25, 0.3) is 6.69 Å². The van der Waals surface area contributed by atoms with Crippen LogP contribution in [0.4, 0.5) is 0 Å². The van der Waals surface area contributed by atoms with Gasteiger partial charge in [-0.25, -0.2) is 0 Å². The highest BCUT2D eigenvalue weighted by Crippen LogP contribution is 2.15. The molecule has 3 heteroatoms. The van der Waals surface area contributed by atoms with Gasteiger partial charge in [0.2, 0.25) is 0 Å². The van der Waals surface area contributed by atoms with Crippen molar-refractivity contribution in [3.8, 4) is 0 Å². The van der Waals surface area contributed by atoms with E-state index in [1.807, 2.05) is 12.2 Å². The van der Waals surface area contributed by atoms with E-state index in [1.165, 1.54) is 12.8 Å². The number of hydrogen-bond acceptors (Lipinski definition) is 0. The van der Waals surface area contributed by atoms with Gasteiger partial charge in [-0.3, -0.25) is 0 Å². The average Bonchev–Trinajstić information content (AvgIpc) is 1.78. The maximum Gasteiger partial charge on any atom is 0.270 e. The van der Waals surface area contributed by atoms with Crippen LogP contribution in [0.3, 0.4) is 0 Å². The van der Waals surface area contributed by atoms with Gasteiger partial charge < -0.3 is 0 Å². The van der Waals surface area contributed by atoms with Gasteiger partial charge in [0.05, 0.1) is 0 Å². The highest BCUT2D eigenvalue weighted by molar-refractivity contribution is 7.47. The fourth-order valence-electron chi connectivity index (χ4n) is 0.612. The molecule has 0 aromatic heterocycles. The van der Waals surface area contributed by atoms with E-state index in [9.17, 15) is 0 Å². The van der Waals surface area contributed by atoms with E-state index in [0.717, 1.165) is 6.42 Å². The first-order chi connectivity index (χ1) is 4.56. The Kier molecular flexibility index (Phi) is 5.50. The first kappa shape index (κ1) is 10.5. The number of unbranched alkanes of at least 4 members (excludes halogenated alkanes) is 2. The molecule has 60 valence electrons. The smallest absolute Gasteiger partial charge is 0.141 e. The third-order valence-corrected chi connectivity index (χ3v) is 2.71. The predicted molar refractivity (Wildman–Crippen MR) is 52.0 cm³/mol. The quantitative estimate of drug-likeness (QED) is 0.365. The third kappa shape index (κ3) is 8.54. The molecule has 0 unspecified atom stereocenters. The molecule has 0 aliphatic rings. The molecular formula is C7H14Cl2Si. The van der Waals surface area contributed by atoms with Gasteiger partial charge in [-0.1, -0.05) is 31.5 Å². The zero-order chi connectivity index (χ0) is 8.04. The van der Waals surface area contributed by atoms with Crippen LogP contribution >= 0.6 is 22.2 Å². The zero-order valence-corrected chi connectivity index (χ0v) is 9.04. The summed E-state index contributed by atoms with van der Waals surface area (Å²) in [6.45, 7) is 2.13. The van der Waals surface area contributed by atoms with E-state index in [1.54, 1.807) is 0 Å². The Balaban J connectivity index is 3.37. The molecule has 0 bridgehead atoms. The van der Waals surface area contributed by atoms with Gasteiger partial charge in [-0.2, -0.15) is 0 Å². The molecule has 0 spiro atoms. The number of halogens is 2. The Morgan fingerprint density at radius 1 is 1.40 bits per heavy atom. The lowest BCUT2D eigenvalue weighted by Gasteiger charge is -2.00. The van der Waals surface area contributed by atoms with Crippen LogP contribution in [-0.4, -0.2) is 6.69 Å². The van der Waals surface area contributed by atoms with Crippen molar-refractivity contribution in [2.45, 2.75) is 32.7 Å². The summed E-state index contributed by atoms with van der Waals surface area (Å²) in [5.74, 6) is 0. The van der Waals surface area contributed by atoms with Crippen LogP contribution in [0.1, 0.15) is 26.2 Å².